The maximum Gasteiger partial charge on any atom is 0.148 e. The molecule has 2 unspecified atom stereocenters. The number of benzene rings is 1. The van der Waals surface area contributed by atoms with E-state index in [4.69, 9.17) is 5.73 Å². The van der Waals surface area contributed by atoms with Crippen LogP contribution in [-0.4, -0.2) is 49.7 Å². The molecule has 2 atom stereocenters. The van der Waals surface area contributed by atoms with Gasteiger partial charge in [-0.3, -0.25) is 5.32 Å². The smallest absolute Gasteiger partial charge is 0.148 e. The molecule has 3 fully saturated rings. The Bertz CT molecular complexity index is 584. The zero-order valence-corrected chi connectivity index (χ0v) is 14.5. The van der Waals surface area contributed by atoms with Gasteiger partial charge in [-0.1, -0.05) is 0 Å². The monoisotopic (exact) mass is 349 g/mol. The van der Waals surface area contributed by atoms with Crippen molar-refractivity contribution in [2.24, 2.45) is 5.73 Å². The van der Waals surface area contributed by atoms with Gasteiger partial charge in [-0.15, -0.1) is 0 Å². The van der Waals surface area contributed by atoms with Crippen LogP contribution in [0.4, 0.5) is 15.8 Å². The molecule has 4 rings (SSSR count). The maximum atomic E-state index is 14.6. The molecule has 0 aromatic heterocycles. The minimum atomic E-state index is -0.321. The van der Waals surface area contributed by atoms with Crippen molar-refractivity contribution in [3.63, 3.8) is 0 Å². The van der Waals surface area contributed by atoms with Crippen LogP contribution in [0.15, 0.2) is 18.2 Å². The molecule has 0 bridgehead atoms. The highest BCUT2D eigenvalue weighted by atomic mass is 19.1. The van der Waals surface area contributed by atoms with Gasteiger partial charge in [-0.25, -0.2) is 15.2 Å². The standard InChI is InChI=1S/C17H28FN7/c18-14-11-12(20-17-21-16(19)22-23-17)3-4-15(14)25-9-5-13(6-10-25)24-7-1-2-8-24/h3-4,11,13,16-17,20-23H,1-2,5-10,19H2. The minimum absolute atomic E-state index is 0.181. The number of nitrogens with zero attached hydrogens (tertiary/aromatic N) is 2. The van der Waals surface area contributed by atoms with E-state index in [-0.39, 0.29) is 18.4 Å². The number of hydrazine groups is 1. The van der Waals surface area contributed by atoms with Gasteiger partial charge in [-0.2, -0.15) is 0 Å². The predicted molar refractivity (Wildman–Crippen MR) is 97.2 cm³/mol. The molecule has 1 aromatic carbocycles. The lowest BCUT2D eigenvalue weighted by Crippen LogP contribution is -2.44. The summed E-state index contributed by atoms with van der Waals surface area (Å²) in [6.07, 6.45) is 4.36. The first-order chi connectivity index (χ1) is 12.2. The van der Waals surface area contributed by atoms with Crippen LogP contribution in [0.1, 0.15) is 25.7 Å². The summed E-state index contributed by atoms with van der Waals surface area (Å²) >= 11 is 0. The summed E-state index contributed by atoms with van der Waals surface area (Å²) in [4.78, 5) is 4.79. The van der Waals surface area contributed by atoms with Crippen molar-refractivity contribution in [3.05, 3.63) is 24.0 Å². The van der Waals surface area contributed by atoms with Gasteiger partial charge >= 0.3 is 0 Å². The van der Waals surface area contributed by atoms with Crippen molar-refractivity contribution in [1.29, 1.82) is 0 Å². The Morgan fingerprint density at radius 3 is 2.48 bits per heavy atom. The third-order valence-electron chi connectivity index (χ3n) is 5.45. The zero-order chi connectivity index (χ0) is 17.2. The molecular weight excluding hydrogens is 321 g/mol. The van der Waals surface area contributed by atoms with E-state index in [1.54, 1.807) is 6.07 Å². The average Bonchev–Trinajstić information content (AvgIpc) is 3.27. The van der Waals surface area contributed by atoms with Crippen LogP contribution in [-0.2, 0) is 0 Å². The fourth-order valence-electron chi connectivity index (χ4n) is 4.11. The van der Waals surface area contributed by atoms with Crippen LogP contribution in [0.2, 0.25) is 0 Å². The van der Waals surface area contributed by atoms with Gasteiger partial charge in [0.05, 0.1) is 5.69 Å². The normalized spacial score (nSPS) is 28.6. The fourth-order valence-corrected chi connectivity index (χ4v) is 4.11. The van der Waals surface area contributed by atoms with Crippen LogP contribution in [0.5, 0.6) is 0 Å². The molecular formula is C17H28FN7. The zero-order valence-electron chi connectivity index (χ0n) is 14.5. The van der Waals surface area contributed by atoms with Gasteiger partial charge in [0.2, 0.25) is 0 Å². The second kappa shape index (κ2) is 7.43. The third kappa shape index (κ3) is 3.88. The van der Waals surface area contributed by atoms with Crippen LogP contribution in [0, 0.1) is 5.82 Å². The van der Waals surface area contributed by atoms with Gasteiger partial charge in [0.25, 0.3) is 0 Å². The molecule has 0 amide bonds. The van der Waals surface area contributed by atoms with Crippen LogP contribution in [0.25, 0.3) is 0 Å². The van der Waals surface area contributed by atoms with Crippen molar-refractivity contribution < 1.29 is 4.39 Å². The fraction of sp³-hybridized carbons (Fsp3) is 0.647. The first-order valence-corrected chi connectivity index (χ1v) is 9.27. The second-order valence-corrected chi connectivity index (χ2v) is 7.14. The lowest BCUT2D eigenvalue weighted by atomic mass is 10.0. The van der Waals surface area contributed by atoms with E-state index < -0.39 is 0 Å². The van der Waals surface area contributed by atoms with Crippen LogP contribution < -0.4 is 32.1 Å². The summed E-state index contributed by atoms with van der Waals surface area (Å²) in [6, 6.07) is 6.02. The molecule has 3 heterocycles. The number of hydrogen-bond donors (Lipinski definition) is 5. The van der Waals surface area contributed by atoms with E-state index in [2.05, 4.69) is 31.3 Å². The van der Waals surface area contributed by atoms with Gasteiger partial charge in [0.15, 0.2) is 0 Å². The number of likely N-dealkylation sites (tertiary alicyclic amines) is 1. The number of nitrogens with one attached hydrogen (secondary N) is 4. The van der Waals surface area contributed by atoms with E-state index in [1.807, 2.05) is 12.1 Å². The Morgan fingerprint density at radius 2 is 1.84 bits per heavy atom. The van der Waals surface area contributed by atoms with Gasteiger partial charge in [0.1, 0.15) is 18.4 Å². The molecule has 1 aromatic rings. The average molecular weight is 349 g/mol. The van der Waals surface area contributed by atoms with E-state index in [9.17, 15) is 4.39 Å². The maximum absolute atomic E-state index is 14.6. The highest BCUT2D eigenvalue weighted by Crippen LogP contribution is 2.28. The summed E-state index contributed by atoms with van der Waals surface area (Å²) < 4.78 is 14.6. The topological polar surface area (TPSA) is 80.6 Å². The predicted octanol–water partition coefficient (Wildman–Crippen LogP) is 0.526. The van der Waals surface area contributed by atoms with Crippen molar-refractivity contribution >= 4 is 11.4 Å². The number of halogens is 1. The van der Waals surface area contributed by atoms with Crippen molar-refractivity contribution in [2.45, 2.75) is 44.3 Å². The number of hydrogen-bond acceptors (Lipinski definition) is 7. The number of anilines is 2. The molecule has 6 N–H and O–H groups in total. The van der Waals surface area contributed by atoms with E-state index >= 15 is 0 Å². The van der Waals surface area contributed by atoms with Gasteiger partial charge < -0.3 is 20.9 Å². The molecule has 8 heteroatoms. The van der Waals surface area contributed by atoms with Gasteiger partial charge in [0, 0.05) is 24.8 Å². The van der Waals surface area contributed by atoms with Crippen molar-refractivity contribution in [1.82, 2.24) is 21.1 Å². The summed E-state index contributed by atoms with van der Waals surface area (Å²) in [5.74, 6) is -0.181. The van der Waals surface area contributed by atoms with Crippen LogP contribution in [0.3, 0.4) is 0 Å². The first-order valence-electron chi connectivity index (χ1n) is 9.27. The summed E-state index contributed by atoms with van der Waals surface area (Å²) in [6.45, 7) is 4.33. The summed E-state index contributed by atoms with van der Waals surface area (Å²) in [5, 5.41) is 6.19. The Labute approximate surface area is 148 Å². The van der Waals surface area contributed by atoms with Crippen molar-refractivity contribution in [3.8, 4) is 0 Å². The first kappa shape index (κ1) is 17.0. The number of piperidine rings is 1. The molecule has 3 aliphatic rings. The second-order valence-electron chi connectivity index (χ2n) is 7.14. The largest absolute Gasteiger partial charge is 0.369 e. The molecule has 0 aliphatic carbocycles. The molecule has 3 saturated heterocycles. The van der Waals surface area contributed by atoms with E-state index in [1.165, 1.54) is 25.9 Å². The molecule has 138 valence electrons. The van der Waals surface area contributed by atoms with Crippen molar-refractivity contribution in [2.75, 3.05) is 36.4 Å². The lowest BCUT2D eigenvalue weighted by Gasteiger charge is -2.38. The van der Waals surface area contributed by atoms with E-state index in [0.29, 0.717) is 17.4 Å². The minimum Gasteiger partial charge on any atom is -0.369 e. The highest BCUT2D eigenvalue weighted by molar-refractivity contribution is 5.57. The Balaban J connectivity index is 1.34. The Hall–Kier alpha value is -1.45. The van der Waals surface area contributed by atoms with Crippen LogP contribution >= 0.6 is 0 Å². The number of rotatable bonds is 4. The third-order valence-corrected chi connectivity index (χ3v) is 5.45. The molecule has 0 radical (unpaired) electrons. The Kier molecular flexibility index (Phi) is 5.05. The SMILES string of the molecule is NC1NNC(Nc2ccc(N3CCC(N4CCCC4)CC3)c(F)c2)N1. The molecule has 3 aliphatic heterocycles. The van der Waals surface area contributed by atoms with E-state index in [0.717, 1.165) is 25.9 Å². The number of nitrogens with two attached hydrogens (primary N) is 1. The van der Waals surface area contributed by atoms with Gasteiger partial charge in [-0.05, 0) is 57.0 Å². The highest BCUT2D eigenvalue weighted by Gasteiger charge is 2.27. The lowest BCUT2D eigenvalue weighted by molar-refractivity contribution is 0.207. The molecule has 25 heavy (non-hydrogen) atoms. The molecule has 0 spiro atoms. The Morgan fingerprint density at radius 1 is 1.08 bits per heavy atom. The molecule has 0 saturated carbocycles. The quantitative estimate of drug-likeness (QED) is 0.542. The summed E-state index contributed by atoms with van der Waals surface area (Å²) in [7, 11) is 0. The summed E-state index contributed by atoms with van der Waals surface area (Å²) in [5.41, 5.74) is 12.9. The molecule has 7 nitrogen and oxygen atoms in total.